The maximum absolute atomic E-state index is 14.8. The SMILES string of the molecule is CCCC(O)(C(Nc1cccc2cc#ccc12)c1cccc(OC)c1)C(C)(F)F. The Hall–Kier alpha value is -2.84. The summed E-state index contributed by atoms with van der Waals surface area (Å²) in [6.07, 6.45) is 0.330. The average molecular weight is 397 g/mol. The van der Waals surface area contributed by atoms with Crippen molar-refractivity contribution in [3.63, 3.8) is 0 Å². The summed E-state index contributed by atoms with van der Waals surface area (Å²) in [4.78, 5) is 0. The summed E-state index contributed by atoms with van der Waals surface area (Å²) in [6.45, 7) is 2.55. The van der Waals surface area contributed by atoms with E-state index >= 15 is 0 Å². The molecule has 0 saturated heterocycles. The van der Waals surface area contributed by atoms with E-state index in [1.165, 1.54) is 7.11 Å². The van der Waals surface area contributed by atoms with E-state index in [2.05, 4.69) is 17.4 Å². The van der Waals surface area contributed by atoms with Gasteiger partial charge >= 0.3 is 0 Å². The van der Waals surface area contributed by atoms with Crippen LogP contribution in [0.25, 0.3) is 10.8 Å². The van der Waals surface area contributed by atoms with Crippen LogP contribution in [-0.4, -0.2) is 23.7 Å². The van der Waals surface area contributed by atoms with Crippen LogP contribution in [0.5, 0.6) is 5.75 Å². The second-order valence-electron chi connectivity index (χ2n) is 7.30. The predicted molar refractivity (Wildman–Crippen MR) is 111 cm³/mol. The molecule has 3 nitrogen and oxygen atoms in total. The molecule has 0 heterocycles. The van der Waals surface area contributed by atoms with Gasteiger partial charge in [-0.15, -0.1) is 0 Å². The molecule has 152 valence electrons. The molecule has 2 unspecified atom stereocenters. The maximum Gasteiger partial charge on any atom is 0.275 e. The molecular formula is C24H25F2NO2. The number of aliphatic hydroxyl groups is 1. The van der Waals surface area contributed by atoms with Crippen molar-refractivity contribution in [3.05, 3.63) is 72.3 Å². The van der Waals surface area contributed by atoms with Crippen LogP contribution in [0.15, 0.2) is 54.6 Å². The van der Waals surface area contributed by atoms with Crippen molar-refractivity contribution < 1.29 is 18.6 Å². The summed E-state index contributed by atoms with van der Waals surface area (Å²) in [5.74, 6) is -2.80. The van der Waals surface area contributed by atoms with E-state index in [0.29, 0.717) is 23.4 Å². The Morgan fingerprint density at radius 2 is 1.86 bits per heavy atom. The van der Waals surface area contributed by atoms with E-state index in [0.717, 1.165) is 17.7 Å². The number of alkyl halides is 2. The third kappa shape index (κ3) is 4.13. The zero-order valence-corrected chi connectivity index (χ0v) is 16.8. The fraction of sp³-hybridized carbons (Fsp3) is 0.333. The molecule has 0 radical (unpaired) electrons. The van der Waals surface area contributed by atoms with Gasteiger partial charge in [-0.05, 0) is 47.7 Å². The number of methoxy groups -OCH3 is 1. The molecule has 0 fully saturated rings. The van der Waals surface area contributed by atoms with Gasteiger partial charge in [0.2, 0.25) is 0 Å². The van der Waals surface area contributed by atoms with E-state index in [-0.39, 0.29) is 6.42 Å². The molecule has 0 aliphatic rings. The van der Waals surface area contributed by atoms with E-state index in [1.54, 1.807) is 43.3 Å². The smallest absolute Gasteiger partial charge is 0.275 e. The zero-order chi connectivity index (χ0) is 21.1. The Morgan fingerprint density at radius 3 is 2.55 bits per heavy atom. The van der Waals surface area contributed by atoms with Gasteiger partial charge in [-0.2, -0.15) is 0 Å². The quantitative estimate of drug-likeness (QED) is 0.506. The van der Waals surface area contributed by atoms with Gasteiger partial charge in [-0.3, -0.25) is 0 Å². The molecule has 0 aliphatic carbocycles. The third-order valence-corrected chi connectivity index (χ3v) is 5.26. The number of benzene rings is 2. The van der Waals surface area contributed by atoms with Crippen molar-refractivity contribution in [1.29, 1.82) is 0 Å². The van der Waals surface area contributed by atoms with Gasteiger partial charge in [-0.1, -0.05) is 49.7 Å². The molecule has 0 aromatic heterocycles. The lowest BCUT2D eigenvalue weighted by molar-refractivity contribution is -0.182. The van der Waals surface area contributed by atoms with Gasteiger partial charge in [0.05, 0.1) is 13.2 Å². The van der Waals surface area contributed by atoms with Gasteiger partial charge < -0.3 is 15.2 Å². The molecule has 5 heteroatoms. The van der Waals surface area contributed by atoms with Crippen LogP contribution in [0, 0.1) is 12.1 Å². The van der Waals surface area contributed by atoms with Crippen molar-refractivity contribution in [1.82, 2.24) is 0 Å². The standard InChI is InChI=1S/C24H25F2NO2/c1-4-15-24(28,23(2,25)26)22(18-11-7-12-19(16-18)29-3)27-21-14-8-10-17-9-5-6-13-20(17)21/h7-14,16,22,27-28H,4,15H2,1-3H3. The van der Waals surface area contributed by atoms with Crippen LogP contribution >= 0.6 is 0 Å². The Morgan fingerprint density at radius 1 is 1.14 bits per heavy atom. The second-order valence-corrected chi connectivity index (χ2v) is 7.30. The minimum absolute atomic E-state index is 0.0734. The highest BCUT2D eigenvalue weighted by Gasteiger charge is 2.54. The van der Waals surface area contributed by atoms with Crippen LogP contribution in [0.1, 0.15) is 38.3 Å². The normalized spacial score (nSPS) is 14.7. The van der Waals surface area contributed by atoms with Crippen LogP contribution in [-0.2, 0) is 0 Å². The van der Waals surface area contributed by atoms with E-state index in [9.17, 15) is 13.9 Å². The molecule has 0 spiro atoms. The van der Waals surface area contributed by atoms with Gasteiger partial charge in [-0.25, -0.2) is 8.78 Å². The Labute approximate surface area is 170 Å². The van der Waals surface area contributed by atoms with Crippen molar-refractivity contribution in [3.8, 4) is 5.75 Å². The Bertz CT molecular complexity index is 965. The molecule has 3 aromatic carbocycles. The van der Waals surface area contributed by atoms with Crippen LogP contribution in [0.2, 0.25) is 0 Å². The first-order valence-corrected chi connectivity index (χ1v) is 9.61. The van der Waals surface area contributed by atoms with E-state index < -0.39 is 17.6 Å². The summed E-state index contributed by atoms with van der Waals surface area (Å²) in [7, 11) is 1.52. The molecule has 0 amide bonds. The first-order chi connectivity index (χ1) is 13.8. The lowest BCUT2D eigenvalue weighted by Gasteiger charge is -2.41. The minimum atomic E-state index is -3.34. The molecule has 29 heavy (non-hydrogen) atoms. The zero-order valence-electron chi connectivity index (χ0n) is 16.8. The first-order valence-electron chi connectivity index (χ1n) is 9.61. The minimum Gasteiger partial charge on any atom is -0.497 e. The number of fused-ring (bicyclic) bond motifs is 1. The molecule has 0 aliphatic heterocycles. The Balaban J connectivity index is 2.16. The molecule has 0 saturated carbocycles. The van der Waals surface area contributed by atoms with Crippen LogP contribution in [0.3, 0.4) is 0 Å². The highest BCUT2D eigenvalue weighted by atomic mass is 19.3. The van der Waals surface area contributed by atoms with Gasteiger partial charge in [0.15, 0.2) is 5.60 Å². The first kappa shape index (κ1) is 20.9. The highest BCUT2D eigenvalue weighted by Crippen LogP contribution is 2.44. The largest absolute Gasteiger partial charge is 0.497 e. The molecule has 2 N–H and O–H groups in total. The molecule has 0 bridgehead atoms. The van der Waals surface area contributed by atoms with Crippen molar-refractivity contribution >= 4 is 16.5 Å². The highest BCUT2D eigenvalue weighted by molar-refractivity contribution is 5.93. The number of nitrogens with one attached hydrogen (secondary N) is 1. The van der Waals surface area contributed by atoms with Gasteiger partial charge in [0.25, 0.3) is 5.92 Å². The number of rotatable bonds is 8. The van der Waals surface area contributed by atoms with Gasteiger partial charge in [0, 0.05) is 18.0 Å². The van der Waals surface area contributed by atoms with Gasteiger partial charge in [0.1, 0.15) is 5.75 Å². The summed E-state index contributed by atoms with van der Waals surface area (Å²) < 4.78 is 34.8. The topological polar surface area (TPSA) is 41.5 Å². The molecular weight excluding hydrogens is 372 g/mol. The molecule has 3 rings (SSSR count). The second kappa shape index (κ2) is 8.26. The van der Waals surface area contributed by atoms with Crippen molar-refractivity contribution in [2.75, 3.05) is 12.4 Å². The Kier molecular flexibility index (Phi) is 5.95. The van der Waals surface area contributed by atoms with Crippen molar-refractivity contribution in [2.45, 2.75) is 44.3 Å². The summed E-state index contributed by atoms with van der Waals surface area (Å²) in [5, 5.41) is 16.2. The van der Waals surface area contributed by atoms with Crippen LogP contribution < -0.4 is 10.1 Å². The third-order valence-electron chi connectivity index (χ3n) is 5.26. The number of anilines is 1. The lowest BCUT2D eigenvalue weighted by atomic mass is 9.80. The number of halogens is 2. The van der Waals surface area contributed by atoms with E-state index in [4.69, 9.17) is 4.74 Å². The average Bonchev–Trinajstić information content (AvgIpc) is 2.71. The molecule has 3 aromatic rings. The number of hydrogen-bond acceptors (Lipinski definition) is 3. The molecule has 2 atom stereocenters. The fourth-order valence-corrected chi connectivity index (χ4v) is 3.68. The number of hydrogen-bond donors (Lipinski definition) is 2. The predicted octanol–water partition coefficient (Wildman–Crippen LogP) is 5.79. The summed E-state index contributed by atoms with van der Waals surface area (Å²) in [5.41, 5.74) is -1.15. The summed E-state index contributed by atoms with van der Waals surface area (Å²) >= 11 is 0. The van der Waals surface area contributed by atoms with Crippen LogP contribution in [0.4, 0.5) is 14.5 Å². The fourth-order valence-electron chi connectivity index (χ4n) is 3.68. The van der Waals surface area contributed by atoms with Crippen molar-refractivity contribution in [2.24, 2.45) is 0 Å². The number of ether oxygens (including phenoxy) is 1. The maximum atomic E-state index is 14.8. The van der Waals surface area contributed by atoms with E-state index in [1.807, 2.05) is 18.2 Å². The lowest BCUT2D eigenvalue weighted by Crippen LogP contribution is -2.53. The summed E-state index contributed by atoms with van der Waals surface area (Å²) in [6, 6.07) is 20.7. The monoisotopic (exact) mass is 397 g/mol.